The fraction of sp³-hybridized carbons (Fsp3) is 0.633. The number of carbonyl (C=O) groups excluding carboxylic acids is 5. The van der Waals surface area contributed by atoms with E-state index in [4.69, 9.17) is 9.84 Å². The molecule has 2 saturated heterocycles. The molecule has 71 heavy (non-hydrogen) atoms. The zero-order valence-electron chi connectivity index (χ0n) is 43.5. The highest BCUT2D eigenvalue weighted by Gasteiger charge is 2.60. The van der Waals surface area contributed by atoms with Crippen molar-refractivity contribution < 1.29 is 43.7 Å². The van der Waals surface area contributed by atoms with Crippen LogP contribution in [0.1, 0.15) is 167 Å². The molecule has 2 aliphatic heterocycles. The number of allylic oxidation sites excluding steroid dienone is 4. The second-order valence-corrected chi connectivity index (χ2v) is 22.0. The third kappa shape index (κ3) is 14.6. The van der Waals surface area contributed by atoms with Crippen molar-refractivity contribution in [2.45, 2.75) is 168 Å². The monoisotopic (exact) mass is 977 g/mol. The first-order valence-corrected chi connectivity index (χ1v) is 27.4. The van der Waals surface area contributed by atoms with Gasteiger partial charge in [-0.2, -0.15) is 0 Å². The lowest BCUT2D eigenvalue weighted by molar-refractivity contribution is -0.149. The lowest BCUT2D eigenvalue weighted by atomic mass is 9.85. The smallest absolute Gasteiger partial charge is 0.306 e. The van der Waals surface area contributed by atoms with E-state index >= 15 is 0 Å². The molecule has 4 aliphatic carbocycles. The minimum absolute atomic E-state index is 0.00455. The van der Waals surface area contributed by atoms with Crippen molar-refractivity contribution in [2.75, 3.05) is 13.1 Å². The number of imide groups is 2. The maximum Gasteiger partial charge on any atom is 0.306 e. The van der Waals surface area contributed by atoms with Gasteiger partial charge >= 0.3 is 11.9 Å². The Kier molecular flexibility index (Phi) is 20.8. The standard InChI is InChI=1S/C30H41NO4.C15H19NO4.C15H24O/c1-4-20(2)17-25(22-11-7-5-8-12-22)18-21(3)35-26(32)13-9-6-10-16-31-29(33)27-23-14-15-24(19-23)28(27)30(31)34;17-11(18)4-2-1-3-7-16-14(19)12-9-5-6-10(8-9)13(12)15(16)20;1-4-12(2)10-15(11-13(3)16)14-8-6-5-7-9-14/h5,7-8,11-12,14-15,20-21,23-25,27-28H,4,6,9-10,13,16-19H2,1-3H3;5-6,9-10,12-13H,1-4,7-8H2,(H,17,18);5-9,12-13,15-16H,4,10-11H2,1-3H3/t20?,21?,23-,24+,25?,27?,28?;9-,10+,12?,13?;. The Bertz CT molecular complexity index is 2080. The fourth-order valence-electron chi connectivity index (χ4n) is 12.4. The Morgan fingerprint density at radius 3 is 1.30 bits per heavy atom. The van der Waals surface area contributed by atoms with Crippen LogP contribution in [0, 0.1) is 59.2 Å². The van der Waals surface area contributed by atoms with Gasteiger partial charge < -0.3 is 14.9 Å². The lowest BCUT2D eigenvalue weighted by Crippen LogP contribution is -2.33. The summed E-state index contributed by atoms with van der Waals surface area (Å²) in [6.45, 7) is 13.8. The Hall–Kier alpha value is -4.90. The van der Waals surface area contributed by atoms with Crippen molar-refractivity contribution in [1.82, 2.24) is 9.80 Å². The summed E-state index contributed by atoms with van der Waals surface area (Å²) in [5.41, 5.74) is 2.68. The molecule has 2 aromatic carbocycles. The minimum atomic E-state index is -0.796. The topological polar surface area (TPSA) is 159 Å². The first kappa shape index (κ1) is 55.4. The Labute approximate surface area is 424 Å². The summed E-state index contributed by atoms with van der Waals surface area (Å²) in [5, 5.41) is 18.1. The van der Waals surface area contributed by atoms with Gasteiger partial charge in [0.15, 0.2) is 0 Å². The molecule has 2 heterocycles. The van der Waals surface area contributed by atoms with E-state index in [1.807, 2.05) is 26.0 Å². The minimum Gasteiger partial charge on any atom is -0.481 e. The number of rotatable bonds is 25. The second kappa shape index (κ2) is 26.7. The largest absolute Gasteiger partial charge is 0.481 e. The van der Waals surface area contributed by atoms with E-state index < -0.39 is 5.97 Å². The van der Waals surface area contributed by atoms with Crippen LogP contribution in [0.25, 0.3) is 0 Å². The number of benzene rings is 2. The highest BCUT2D eigenvalue weighted by Crippen LogP contribution is 2.53. The van der Waals surface area contributed by atoms with Crippen LogP contribution in [0.5, 0.6) is 0 Å². The third-order valence-corrected chi connectivity index (χ3v) is 16.5. The van der Waals surface area contributed by atoms with E-state index in [1.54, 1.807) is 0 Å². The van der Waals surface area contributed by atoms with E-state index in [1.165, 1.54) is 33.8 Å². The molecule has 2 aromatic rings. The zero-order chi connectivity index (χ0) is 51.2. The maximum atomic E-state index is 12.8. The van der Waals surface area contributed by atoms with Crippen LogP contribution in [-0.4, -0.2) is 80.9 Å². The number of likely N-dealkylation sites (tertiary alicyclic amines) is 2. The van der Waals surface area contributed by atoms with Crippen LogP contribution in [0.4, 0.5) is 0 Å². The van der Waals surface area contributed by atoms with Crippen LogP contribution in [0.2, 0.25) is 0 Å². The van der Waals surface area contributed by atoms with Gasteiger partial charge in [-0.05, 0) is 137 Å². The lowest BCUT2D eigenvalue weighted by Gasteiger charge is -2.24. The van der Waals surface area contributed by atoms with E-state index in [0.717, 1.165) is 70.1 Å². The van der Waals surface area contributed by atoms with Gasteiger partial charge in [0.25, 0.3) is 0 Å². The number of ether oxygens (including phenoxy) is 1. The Morgan fingerprint density at radius 2 is 0.930 bits per heavy atom. The number of fused-ring (bicyclic) bond motifs is 10. The molecule has 11 heteroatoms. The van der Waals surface area contributed by atoms with Gasteiger partial charge in [-0.15, -0.1) is 0 Å². The summed E-state index contributed by atoms with van der Waals surface area (Å²) < 4.78 is 5.75. The summed E-state index contributed by atoms with van der Waals surface area (Å²) in [6.07, 6.45) is 21.2. The first-order valence-electron chi connectivity index (χ1n) is 27.4. The van der Waals surface area contributed by atoms with Gasteiger partial charge in [0.1, 0.15) is 0 Å². The molecule has 4 fully saturated rings. The number of amides is 4. The molecule has 2 saturated carbocycles. The van der Waals surface area contributed by atoms with Crippen molar-refractivity contribution in [1.29, 1.82) is 0 Å². The predicted molar refractivity (Wildman–Crippen MR) is 276 cm³/mol. The number of carboxylic acids is 1. The Morgan fingerprint density at radius 1 is 0.549 bits per heavy atom. The third-order valence-electron chi connectivity index (χ3n) is 16.5. The average molecular weight is 977 g/mol. The number of aliphatic hydroxyl groups excluding tert-OH is 1. The molecule has 8 rings (SSSR count). The molecule has 10 unspecified atom stereocenters. The van der Waals surface area contributed by atoms with Crippen LogP contribution < -0.4 is 0 Å². The van der Waals surface area contributed by atoms with E-state index in [9.17, 15) is 33.9 Å². The molecule has 4 bridgehead atoms. The molecule has 11 nitrogen and oxygen atoms in total. The van der Waals surface area contributed by atoms with Crippen LogP contribution >= 0.6 is 0 Å². The summed E-state index contributed by atoms with van der Waals surface area (Å²) >= 11 is 0. The van der Waals surface area contributed by atoms with Gasteiger partial charge in [0.05, 0.1) is 35.9 Å². The van der Waals surface area contributed by atoms with Crippen molar-refractivity contribution in [2.24, 2.45) is 59.2 Å². The molecule has 4 amide bonds. The van der Waals surface area contributed by atoms with Gasteiger partial charge in [-0.1, -0.05) is 138 Å². The number of unbranched alkanes of at least 4 members (excludes halogenated alkanes) is 4. The van der Waals surface area contributed by atoms with Crippen molar-refractivity contribution in [3.63, 3.8) is 0 Å². The van der Waals surface area contributed by atoms with Gasteiger partial charge in [-0.3, -0.25) is 38.6 Å². The number of aliphatic hydroxyl groups is 1. The number of esters is 1. The predicted octanol–water partition coefficient (Wildman–Crippen LogP) is 11.3. The van der Waals surface area contributed by atoms with Gasteiger partial charge in [0, 0.05) is 25.9 Å². The number of carbonyl (C=O) groups is 6. The average Bonchev–Trinajstić information content (AvgIpc) is 4.23. The van der Waals surface area contributed by atoms with Crippen LogP contribution in [0.15, 0.2) is 85.0 Å². The van der Waals surface area contributed by atoms with E-state index in [0.29, 0.717) is 50.1 Å². The molecule has 0 aromatic heterocycles. The zero-order valence-corrected chi connectivity index (χ0v) is 43.5. The summed E-state index contributed by atoms with van der Waals surface area (Å²) in [4.78, 5) is 75.9. The van der Waals surface area contributed by atoms with Gasteiger partial charge in [0.2, 0.25) is 23.6 Å². The molecule has 14 atom stereocenters. The molecule has 388 valence electrons. The number of nitrogens with zero attached hydrogens (tertiary/aromatic N) is 2. The van der Waals surface area contributed by atoms with E-state index in [2.05, 4.69) is 101 Å². The highest BCUT2D eigenvalue weighted by atomic mass is 16.5. The normalized spacial score (nSPS) is 26.8. The molecule has 0 spiro atoms. The van der Waals surface area contributed by atoms with Crippen molar-refractivity contribution in [3.05, 3.63) is 96.1 Å². The van der Waals surface area contributed by atoms with Crippen molar-refractivity contribution in [3.8, 4) is 0 Å². The van der Waals surface area contributed by atoms with Gasteiger partial charge in [-0.25, -0.2) is 0 Å². The molecular formula is C60H84N2O9. The number of hydrogen-bond acceptors (Lipinski definition) is 8. The number of carboxylic acid groups (broad SMARTS) is 1. The highest BCUT2D eigenvalue weighted by molar-refractivity contribution is 6.07. The number of hydrogen-bond donors (Lipinski definition) is 2. The maximum absolute atomic E-state index is 12.8. The second-order valence-electron chi connectivity index (χ2n) is 22.0. The van der Waals surface area contributed by atoms with E-state index in [-0.39, 0.29) is 95.6 Å². The molecule has 6 aliphatic rings. The molecular weight excluding hydrogens is 893 g/mol. The first-order chi connectivity index (χ1) is 34.1. The fourth-order valence-corrected chi connectivity index (χ4v) is 12.4. The summed E-state index contributed by atoms with van der Waals surface area (Å²) in [5.74, 6) is 1.90. The van der Waals surface area contributed by atoms with Crippen molar-refractivity contribution >= 4 is 35.6 Å². The SMILES string of the molecule is CCC(C)CC(CC(C)O)c1ccccc1.CCC(C)CC(CC(C)OC(=O)CCCCCN1C(=O)C2C(C1=O)[C@H]1C=C[C@@H]2C1)c1ccccc1.O=C(O)CCCCCN1C(=O)C2C(C1=O)[C@H]1C=C[C@@H]2C1. The molecule has 2 N–H and O–H groups in total. The summed E-state index contributed by atoms with van der Waals surface area (Å²) in [7, 11) is 0. The van der Waals surface area contributed by atoms with Crippen LogP contribution in [-0.2, 0) is 33.5 Å². The quantitative estimate of drug-likeness (QED) is 0.0427. The number of aliphatic carboxylic acids is 1. The Balaban J connectivity index is 0.000000193. The summed E-state index contributed by atoms with van der Waals surface area (Å²) in [6, 6.07) is 21.1. The van der Waals surface area contributed by atoms with Crippen LogP contribution in [0.3, 0.4) is 0 Å². The molecule has 0 radical (unpaired) electrons.